The molecule has 0 bridgehead atoms. The van der Waals surface area contributed by atoms with Gasteiger partial charge in [0.15, 0.2) is 11.2 Å². The number of aryl methyl sites for hydroxylation is 1. The molecule has 5 rings (SSSR count). The van der Waals surface area contributed by atoms with Crippen LogP contribution < -0.4 is 5.32 Å². The second-order valence-corrected chi connectivity index (χ2v) is 7.07. The fraction of sp³-hybridized carbons (Fsp3) is 0.350. The Morgan fingerprint density at radius 1 is 1.19 bits per heavy atom. The molecule has 1 aliphatic rings. The molecule has 0 spiro atoms. The van der Waals surface area contributed by atoms with Gasteiger partial charge in [-0.05, 0) is 38.0 Å². The van der Waals surface area contributed by atoms with Gasteiger partial charge in [0.05, 0.1) is 11.9 Å². The van der Waals surface area contributed by atoms with Crippen LogP contribution >= 0.6 is 0 Å². The molecular weight excluding hydrogens is 326 g/mol. The average Bonchev–Trinajstić information content (AvgIpc) is 3.24. The molecule has 1 aromatic carbocycles. The Labute approximate surface area is 151 Å². The second-order valence-electron chi connectivity index (χ2n) is 7.07. The van der Waals surface area contributed by atoms with Gasteiger partial charge in [-0.15, -0.1) is 0 Å². The van der Waals surface area contributed by atoms with Gasteiger partial charge in [0.25, 0.3) is 0 Å². The minimum Gasteiger partial charge on any atom is -0.367 e. The van der Waals surface area contributed by atoms with E-state index >= 15 is 0 Å². The third kappa shape index (κ3) is 2.53. The first-order chi connectivity index (χ1) is 12.8. The molecule has 1 N–H and O–H groups in total. The molecule has 0 radical (unpaired) electrons. The van der Waals surface area contributed by atoms with Crippen LogP contribution in [0.1, 0.15) is 37.8 Å². The largest absolute Gasteiger partial charge is 0.367 e. The topological polar surface area (TPSA) is 68.2 Å². The highest BCUT2D eigenvalue weighted by atomic mass is 16.5. The Kier molecular flexibility index (Phi) is 3.62. The first-order valence-electron chi connectivity index (χ1n) is 9.24. The number of hydrogen-bond acceptors (Lipinski definition) is 5. The van der Waals surface area contributed by atoms with E-state index in [0.717, 1.165) is 39.4 Å². The Balaban J connectivity index is 1.65. The summed E-state index contributed by atoms with van der Waals surface area (Å²) in [4.78, 5) is 9.08. The van der Waals surface area contributed by atoms with Gasteiger partial charge in [0, 0.05) is 29.4 Å². The summed E-state index contributed by atoms with van der Waals surface area (Å²) in [6.07, 6.45) is 11.9. The maximum atomic E-state index is 5.35. The molecule has 1 aliphatic carbocycles. The van der Waals surface area contributed by atoms with E-state index in [1.54, 1.807) is 12.4 Å². The molecule has 6 heteroatoms. The zero-order valence-electron chi connectivity index (χ0n) is 14.8. The number of imidazole rings is 1. The fourth-order valence-electron chi connectivity index (χ4n) is 3.89. The molecule has 26 heavy (non-hydrogen) atoms. The summed E-state index contributed by atoms with van der Waals surface area (Å²) in [6, 6.07) is 6.63. The summed E-state index contributed by atoms with van der Waals surface area (Å²) in [5.41, 5.74) is 4.56. The van der Waals surface area contributed by atoms with E-state index in [1.807, 2.05) is 25.3 Å². The third-order valence-electron chi connectivity index (χ3n) is 5.30. The summed E-state index contributed by atoms with van der Waals surface area (Å²) < 4.78 is 7.45. The first kappa shape index (κ1) is 15.4. The lowest BCUT2D eigenvalue weighted by atomic mass is 9.95. The molecule has 0 amide bonds. The van der Waals surface area contributed by atoms with Gasteiger partial charge in [-0.3, -0.25) is 9.38 Å². The predicted octanol–water partition coefficient (Wildman–Crippen LogP) is 4.59. The summed E-state index contributed by atoms with van der Waals surface area (Å²) in [5, 5.41) is 8.85. The van der Waals surface area contributed by atoms with Crippen molar-refractivity contribution in [1.82, 2.24) is 19.5 Å². The van der Waals surface area contributed by atoms with E-state index in [1.165, 1.54) is 32.1 Å². The number of benzene rings is 1. The van der Waals surface area contributed by atoms with E-state index in [4.69, 9.17) is 9.51 Å². The standard InChI is InChI=1S/C20H21N5O/c1-13-16-11-14(7-8-17(16)26-24-13)19-20(22-15-5-3-2-4-6-15)25-10-9-21-12-18(25)23-19/h7-12,15,22H,2-6H2,1H3. The van der Waals surface area contributed by atoms with Crippen molar-refractivity contribution >= 4 is 22.4 Å². The van der Waals surface area contributed by atoms with Crippen molar-refractivity contribution in [2.45, 2.75) is 45.1 Å². The van der Waals surface area contributed by atoms with Gasteiger partial charge < -0.3 is 9.84 Å². The van der Waals surface area contributed by atoms with Crippen molar-refractivity contribution in [3.05, 3.63) is 42.5 Å². The monoisotopic (exact) mass is 347 g/mol. The molecule has 3 aromatic heterocycles. The Morgan fingerprint density at radius 3 is 2.96 bits per heavy atom. The van der Waals surface area contributed by atoms with Crippen molar-refractivity contribution in [2.75, 3.05) is 5.32 Å². The minimum absolute atomic E-state index is 0.497. The highest BCUT2D eigenvalue weighted by Crippen LogP contribution is 2.33. The molecular formula is C20H21N5O. The molecule has 132 valence electrons. The number of hydrogen-bond donors (Lipinski definition) is 1. The lowest BCUT2D eigenvalue weighted by Crippen LogP contribution is -2.23. The van der Waals surface area contributed by atoms with Crippen molar-refractivity contribution in [3.8, 4) is 11.3 Å². The summed E-state index contributed by atoms with van der Waals surface area (Å²) in [5.74, 6) is 1.04. The van der Waals surface area contributed by atoms with Gasteiger partial charge >= 0.3 is 0 Å². The van der Waals surface area contributed by atoms with E-state index in [9.17, 15) is 0 Å². The molecule has 0 unspecified atom stereocenters. The van der Waals surface area contributed by atoms with E-state index < -0.39 is 0 Å². The van der Waals surface area contributed by atoms with Crippen LogP contribution in [0.4, 0.5) is 5.82 Å². The molecule has 0 atom stereocenters. The Morgan fingerprint density at radius 2 is 2.08 bits per heavy atom. The smallest absolute Gasteiger partial charge is 0.167 e. The summed E-state index contributed by atoms with van der Waals surface area (Å²) in [7, 11) is 0. The fourth-order valence-corrected chi connectivity index (χ4v) is 3.89. The summed E-state index contributed by atoms with van der Waals surface area (Å²) >= 11 is 0. The third-order valence-corrected chi connectivity index (χ3v) is 5.30. The molecule has 1 fully saturated rings. The van der Waals surface area contributed by atoms with E-state index in [2.05, 4.69) is 25.9 Å². The Hall–Kier alpha value is -2.89. The zero-order valence-corrected chi connectivity index (χ0v) is 14.8. The number of nitrogens with zero attached hydrogens (tertiary/aromatic N) is 4. The van der Waals surface area contributed by atoms with Crippen LogP contribution in [0.25, 0.3) is 27.9 Å². The molecule has 0 aliphatic heterocycles. The van der Waals surface area contributed by atoms with Crippen LogP contribution in [0.3, 0.4) is 0 Å². The van der Waals surface area contributed by atoms with Crippen molar-refractivity contribution < 1.29 is 4.52 Å². The number of rotatable bonds is 3. The SMILES string of the molecule is Cc1noc2ccc(-c3nc4cnccn4c3NC3CCCCC3)cc12. The van der Waals surface area contributed by atoms with Crippen LogP contribution in [0.2, 0.25) is 0 Å². The van der Waals surface area contributed by atoms with E-state index in [0.29, 0.717) is 6.04 Å². The van der Waals surface area contributed by atoms with Crippen LogP contribution in [0.5, 0.6) is 0 Å². The number of anilines is 1. The first-order valence-corrected chi connectivity index (χ1v) is 9.24. The van der Waals surface area contributed by atoms with Crippen LogP contribution in [0, 0.1) is 6.92 Å². The van der Waals surface area contributed by atoms with Crippen LogP contribution in [0.15, 0.2) is 41.3 Å². The predicted molar refractivity (Wildman–Crippen MR) is 101 cm³/mol. The van der Waals surface area contributed by atoms with Crippen molar-refractivity contribution in [3.63, 3.8) is 0 Å². The van der Waals surface area contributed by atoms with Gasteiger partial charge in [-0.2, -0.15) is 0 Å². The minimum atomic E-state index is 0.497. The quantitative estimate of drug-likeness (QED) is 0.587. The molecule has 6 nitrogen and oxygen atoms in total. The molecule has 4 aromatic rings. The number of nitrogens with one attached hydrogen (secondary N) is 1. The second kappa shape index (κ2) is 6.12. The lowest BCUT2D eigenvalue weighted by molar-refractivity contribution is 0.450. The lowest BCUT2D eigenvalue weighted by Gasteiger charge is -2.24. The van der Waals surface area contributed by atoms with Gasteiger partial charge in [-0.1, -0.05) is 24.4 Å². The maximum Gasteiger partial charge on any atom is 0.167 e. The van der Waals surface area contributed by atoms with E-state index in [-0.39, 0.29) is 0 Å². The average molecular weight is 347 g/mol. The maximum absolute atomic E-state index is 5.35. The molecule has 3 heterocycles. The number of fused-ring (bicyclic) bond motifs is 2. The highest BCUT2D eigenvalue weighted by molar-refractivity contribution is 5.87. The van der Waals surface area contributed by atoms with Gasteiger partial charge in [-0.25, -0.2) is 4.98 Å². The van der Waals surface area contributed by atoms with Crippen LogP contribution in [-0.4, -0.2) is 25.6 Å². The summed E-state index contributed by atoms with van der Waals surface area (Å²) in [6.45, 7) is 1.96. The molecule has 0 saturated heterocycles. The molecule has 1 saturated carbocycles. The van der Waals surface area contributed by atoms with Crippen LogP contribution in [-0.2, 0) is 0 Å². The number of aromatic nitrogens is 4. The normalized spacial score (nSPS) is 15.7. The highest BCUT2D eigenvalue weighted by Gasteiger charge is 2.20. The Bertz CT molecular complexity index is 1070. The van der Waals surface area contributed by atoms with Gasteiger partial charge in [0.2, 0.25) is 0 Å². The van der Waals surface area contributed by atoms with Crippen molar-refractivity contribution in [2.24, 2.45) is 0 Å². The zero-order chi connectivity index (χ0) is 17.5. The van der Waals surface area contributed by atoms with Gasteiger partial charge in [0.1, 0.15) is 11.5 Å². The van der Waals surface area contributed by atoms with Crippen molar-refractivity contribution in [1.29, 1.82) is 0 Å².